The molecule has 0 amide bonds. The van der Waals surface area contributed by atoms with E-state index in [-0.39, 0.29) is 5.97 Å². The third-order valence-electron chi connectivity index (χ3n) is 6.17. The highest BCUT2D eigenvalue weighted by molar-refractivity contribution is 6.01. The molecule has 1 aliphatic rings. The highest BCUT2D eigenvalue weighted by Gasteiger charge is 2.22. The van der Waals surface area contributed by atoms with Crippen LogP contribution >= 0.6 is 0 Å². The van der Waals surface area contributed by atoms with Crippen LogP contribution in [0.25, 0.3) is 16.7 Å². The van der Waals surface area contributed by atoms with E-state index in [0.717, 1.165) is 30.6 Å². The Hall–Kier alpha value is -3.37. The first-order valence-corrected chi connectivity index (χ1v) is 12.6. The summed E-state index contributed by atoms with van der Waals surface area (Å²) in [6.45, 7) is 5.42. The zero-order valence-corrected chi connectivity index (χ0v) is 20.7. The molecule has 0 saturated carbocycles. The van der Waals surface area contributed by atoms with Crippen molar-refractivity contribution in [2.45, 2.75) is 45.6 Å². The Morgan fingerprint density at radius 3 is 2.06 bits per heavy atom. The monoisotopic (exact) mass is 470 g/mol. The molecule has 3 aromatic rings. The molecule has 0 fully saturated rings. The SMILES string of the molecule is CCCCOC(Cc1ccc(OCCC=C2c3ccccc3-c3ccccc32)cc1)C(=O)OCC. The van der Waals surface area contributed by atoms with Crippen LogP contribution in [0.5, 0.6) is 5.75 Å². The fraction of sp³-hybridized carbons (Fsp3) is 0.323. The maximum Gasteiger partial charge on any atom is 0.335 e. The Morgan fingerprint density at radius 2 is 1.46 bits per heavy atom. The largest absolute Gasteiger partial charge is 0.493 e. The first kappa shape index (κ1) is 24.7. The quantitative estimate of drug-likeness (QED) is 0.168. The molecule has 3 aromatic carbocycles. The topological polar surface area (TPSA) is 44.8 Å². The summed E-state index contributed by atoms with van der Waals surface area (Å²) >= 11 is 0. The average Bonchev–Trinajstić information content (AvgIpc) is 3.21. The van der Waals surface area contributed by atoms with E-state index >= 15 is 0 Å². The van der Waals surface area contributed by atoms with Crippen LogP contribution in [-0.4, -0.2) is 31.9 Å². The highest BCUT2D eigenvalue weighted by atomic mass is 16.6. The van der Waals surface area contributed by atoms with Gasteiger partial charge in [-0.3, -0.25) is 0 Å². The zero-order chi connectivity index (χ0) is 24.5. The summed E-state index contributed by atoms with van der Waals surface area (Å²) in [6.07, 6.45) is 4.96. The van der Waals surface area contributed by atoms with Gasteiger partial charge in [-0.1, -0.05) is 80.1 Å². The number of hydrogen-bond donors (Lipinski definition) is 0. The number of fused-ring (bicyclic) bond motifs is 3. The molecule has 182 valence electrons. The third-order valence-corrected chi connectivity index (χ3v) is 6.17. The minimum absolute atomic E-state index is 0.299. The van der Waals surface area contributed by atoms with Crippen LogP contribution in [0.2, 0.25) is 0 Å². The standard InChI is InChI=1S/C31H34O4/c1-3-5-20-35-30(31(32)33-4-2)22-23-16-18-24(19-17-23)34-21-10-15-29-27-13-8-6-11-25(27)26-12-7-9-14-28(26)29/h6-9,11-19,30H,3-5,10,20-22H2,1-2H3. The molecule has 4 heteroatoms. The zero-order valence-electron chi connectivity index (χ0n) is 20.7. The summed E-state index contributed by atoms with van der Waals surface area (Å²) in [5.41, 5.74) is 7.47. The lowest BCUT2D eigenvalue weighted by Crippen LogP contribution is -2.29. The average molecular weight is 471 g/mol. The minimum atomic E-state index is -0.572. The van der Waals surface area contributed by atoms with Crippen molar-refractivity contribution < 1.29 is 19.0 Å². The molecule has 0 N–H and O–H groups in total. The first-order chi connectivity index (χ1) is 17.2. The van der Waals surface area contributed by atoms with Gasteiger partial charge in [0.25, 0.3) is 0 Å². The second-order valence-corrected chi connectivity index (χ2v) is 8.66. The van der Waals surface area contributed by atoms with Crippen molar-refractivity contribution in [1.29, 1.82) is 0 Å². The van der Waals surface area contributed by atoms with Gasteiger partial charge in [0.1, 0.15) is 5.75 Å². The van der Waals surface area contributed by atoms with Crippen LogP contribution in [-0.2, 0) is 20.7 Å². The molecule has 0 heterocycles. The van der Waals surface area contributed by atoms with Gasteiger partial charge >= 0.3 is 5.97 Å². The van der Waals surface area contributed by atoms with Gasteiger partial charge in [-0.05, 0) is 58.9 Å². The normalized spacial score (nSPS) is 12.6. The minimum Gasteiger partial charge on any atom is -0.493 e. The molecular weight excluding hydrogens is 436 g/mol. The molecule has 0 radical (unpaired) electrons. The van der Waals surface area contributed by atoms with Gasteiger partial charge in [-0.15, -0.1) is 0 Å². The second-order valence-electron chi connectivity index (χ2n) is 8.66. The van der Waals surface area contributed by atoms with Gasteiger partial charge in [-0.25, -0.2) is 4.79 Å². The highest BCUT2D eigenvalue weighted by Crippen LogP contribution is 2.43. The van der Waals surface area contributed by atoms with Gasteiger partial charge < -0.3 is 14.2 Å². The summed E-state index contributed by atoms with van der Waals surface area (Å²) in [7, 11) is 0. The van der Waals surface area contributed by atoms with Crippen molar-refractivity contribution in [1.82, 2.24) is 0 Å². The van der Waals surface area contributed by atoms with E-state index in [1.54, 1.807) is 0 Å². The maximum atomic E-state index is 12.3. The molecule has 0 aliphatic heterocycles. The number of ether oxygens (including phenoxy) is 3. The van der Waals surface area contributed by atoms with E-state index in [4.69, 9.17) is 14.2 Å². The van der Waals surface area contributed by atoms with Crippen molar-refractivity contribution in [3.8, 4) is 16.9 Å². The molecule has 4 rings (SSSR count). The van der Waals surface area contributed by atoms with Crippen molar-refractivity contribution in [2.75, 3.05) is 19.8 Å². The van der Waals surface area contributed by atoms with E-state index in [9.17, 15) is 4.79 Å². The fourth-order valence-electron chi connectivity index (χ4n) is 4.40. The number of unbranched alkanes of at least 4 members (excludes halogenated alkanes) is 1. The van der Waals surface area contributed by atoms with Gasteiger partial charge in [0, 0.05) is 19.4 Å². The summed E-state index contributed by atoms with van der Waals surface area (Å²) in [5.74, 6) is 0.519. The number of carbonyl (C=O) groups is 1. The van der Waals surface area contributed by atoms with Crippen molar-refractivity contribution in [2.24, 2.45) is 0 Å². The van der Waals surface area contributed by atoms with E-state index in [2.05, 4.69) is 61.5 Å². The lowest BCUT2D eigenvalue weighted by atomic mass is 10.0. The predicted octanol–water partition coefficient (Wildman–Crippen LogP) is 6.86. The van der Waals surface area contributed by atoms with Gasteiger partial charge in [0.05, 0.1) is 13.2 Å². The Morgan fingerprint density at radius 1 is 0.829 bits per heavy atom. The predicted molar refractivity (Wildman–Crippen MR) is 140 cm³/mol. The molecule has 1 aliphatic carbocycles. The van der Waals surface area contributed by atoms with Crippen LogP contribution in [0.1, 0.15) is 49.8 Å². The van der Waals surface area contributed by atoms with Gasteiger partial charge in [-0.2, -0.15) is 0 Å². The molecule has 1 atom stereocenters. The van der Waals surface area contributed by atoms with Crippen LogP contribution in [0.4, 0.5) is 0 Å². The van der Waals surface area contributed by atoms with Crippen LogP contribution in [0.3, 0.4) is 0 Å². The molecule has 0 saturated heterocycles. The second kappa shape index (κ2) is 12.4. The number of hydrogen-bond acceptors (Lipinski definition) is 4. The first-order valence-electron chi connectivity index (χ1n) is 12.6. The number of esters is 1. The third kappa shape index (κ3) is 6.20. The smallest absolute Gasteiger partial charge is 0.335 e. The number of rotatable bonds is 12. The van der Waals surface area contributed by atoms with Crippen molar-refractivity contribution in [3.63, 3.8) is 0 Å². The Kier molecular flexibility index (Phi) is 8.74. The van der Waals surface area contributed by atoms with Gasteiger partial charge in [0.15, 0.2) is 6.10 Å². The van der Waals surface area contributed by atoms with Crippen molar-refractivity contribution in [3.05, 3.63) is 95.6 Å². The Balaban J connectivity index is 1.33. The van der Waals surface area contributed by atoms with E-state index < -0.39 is 6.10 Å². The van der Waals surface area contributed by atoms with Crippen LogP contribution in [0, 0.1) is 0 Å². The van der Waals surface area contributed by atoms with E-state index in [1.165, 1.54) is 27.8 Å². The van der Waals surface area contributed by atoms with Crippen molar-refractivity contribution >= 4 is 11.5 Å². The molecular formula is C31H34O4. The summed E-state index contributed by atoms with van der Waals surface area (Å²) < 4.78 is 17.0. The molecule has 0 aromatic heterocycles. The lowest BCUT2D eigenvalue weighted by molar-refractivity contribution is -0.156. The maximum absolute atomic E-state index is 12.3. The van der Waals surface area contributed by atoms with E-state index in [1.807, 2.05) is 31.2 Å². The summed E-state index contributed by atoms with van der Waals surface area (Å²) in [5, 5.41) is 0. The molecule has 0 bridgehead atoms. The van der Waals surface area contributed by atoms with E-state index in [0.29, 0.717) is 26.2 Å². The Bertz CT molecular complexity index is 1100. The van der Waals surface area contributed by atoms with Crippen LogP contribution in [0.15, 0.2) is 78.9 Å². The molecule has 35 heavy (non-hydrogen) atoms. The fourth-order valence-corrected chi connectivity index (χ4v) is 4.40. The summed E-state index contributed by atoms with van der Waals surface area (Å²) in [4.78, 5) is 12.3. The van der Waals surface area contributed by atoms with Gasteiger partial charge in [0.2, 0.25) is 0 Å². The lowest BCUT2D eigenvalue weighted by Gasteiger charge is -2.16. The molecule has 1 unspecified atom stereocenters. The van der Waals surface area contributed by atoms with Crippen LogP contribution < -0.4 is 4.74 Å². The number of carbonyl (C=O) groups excluding carboxylic acids is 1. The molecule has 4 nitrogen and oxygen atoms in total. The summed E-state index contributed by atoms with van der Waals surface area (Å²) in [6, 6.07) is 25.0. The Labute approximate surface area is 208 Å². The number of benzene rings is 3. The molecule has 0 spiro atoms.